The number of hydrogen-bond donors (Lipinski definition) is 11. The van der Waals surface area contributed by atoms with Gasteiger partial charge in [-0.05, 0) is 12.8 Å². The maximum Gasteiger partial charge on any atom is 0.184 e. The van der Waals surface area contributed by atoms with Gasteiger partial charge in [0.05, 0.1) is 13.2 Å². The van der Waals surface area contributed by atoms with Crippen LogP contribution in [0.3, 0.4) is 0 Å². The predicted molar refractivity (Wildman–Crippen MR) is 198 cm³/mol. The van der Waals surface area contributed by atoms with E-state index in [1.807, 2.05) is 0 Å². The third kappa shape index (κ3) is 23.6. The van der Waals surface area contributed by atoms with Gasteiger partial charge in [0.15, 0.2) is 11.9 Å². The zero-order valence-corrected chi connectivity index (χ0v) is 34.2. The van der Waals surface area contributed by atoms with E-state index >= 15 is 0 Å². The Labute approximate surface area is 329 Å². The SMILES string of the molecule is CCCCCCCCCCCC[C@](O)(C(=O)C(=O)O)[C@@H](O)[C@H](O)[C@H](O)CO.CCCCCCCCCCC[CH2][Na].OC[C@H]1OC(O)[C@H](O)[C@@H](O)[C@@H]1O. The summed E-state index contributed by atoms with van der Waals surface area (Å²) < 4.78 is 6.09. The Morgan fingerprint density at radius 1 is 0.654 bits per heavy atom. The van der Waals surface area contributed by atoms with E-state index in [1.54, 1.807) is 0 Å². The van der Waals surface area contributed by atoms with Crippen molar-refractivity contribution in [2.24, 2.45) is 0 Å². The Morgan fingerprint density at radius 3 is 1.42 bits per heavy atom. The zero-order chi connectivity index (χ0) is 40.0. The topological polar surface area (TPSA) is 266 Å². The minimum atomic E-state index is -2.72. The first kappa shape index (κ1) is 53.8. The van der Waals surface area contributed by atoms with Crippen molar-refractivity contribution in [2.45, 2.75) is 207 Å². The van der Waals surface area contributed by atoms with Gasteiger partial charge >= 0.3 is 109 Å². The zero-order valence-electron chi connectivity index (χ0n) is 32.2. The van der Waals surface area contributed by atoms with E-state index in [4.69, 9.17) is 35.7 Å². The van der Waals surface area contributed by atoms with Crippen molar-refractivity contribution in [3.8, 4) is 0 Å². The summed E-state index contributed by atoms with van der Waals surface area (Å²) in [5, 5.41) is 102. The third-order valence-electron chi connectivity index (χ3n) is 9.47. The summed E-state index contributed by atoms with van der Waals surface area (Å²) in [5.74, 6) is -3.58. The van der Waals surface area contributed by atoms with E-state index in [0.717, 1.165) is 25.7 Å². The molecule has 0 aromatic heterocycles. The molecule has 1 unspecified atom stereocenters. The molecule has 0 aromatic carbocycles. The van der Waals surface area contributed by atoms with Crippen LogP contribution in [0.2, 0.25) is 3.67 Å². The number of aliphatic carboxylic acids is 1. The molecule has 1 heterocycles. The first-order valence-corrected chi connectivity index (χ1v) is 21.3. The first-order chi connectivity index (χ1) is 24.7. The second kappa shape index (κ2) is 34.0. The molecule has 306 valence electrons. The van der Waals surface area contributed by atoms with E-state index in [-0.39, 0.29) is 12.8 Å². The van der Waals surface area contributed by atoms with Crippen molar-refractivity contribution < 1.29 is 70.5 Å². The van der Waals surface area contributed by atoms with Gasteiger partial charge < -0.3 is 60.9 Å². The minimum absolute atomic E-state index is 0.282. The molecule has 0 amide bonds. The van der Waals surface area contributed by atoms with Crippen LogP contribution in [0, 0.1) is 0 Å². The largest absolute Gasteiger partial charge is 0.394 e. The molecule has 0 aliphatic carbocycles. The first-order valence-electron chi connectivity index (χ1n) is 19.8. The summed E-state index contributed by atoms with van der Waals surface area (Å²) in [6, 6.07) is 0. The Bertz CT molecular complexity index is 840. The smallest absolute Gasteiger partial charge is 0.184 e. The van der Waals surface area contributed by atoms with Crippen LogP contribution < -0.4 is 0 Å². The number of carbonyl (C=O) groups is 2. The molecule has 15 heteroatoms. The maximum absolute atomic E-state index is 11.8. The van der Waals surface area contributed by atoms with Crippen LogP contribution >= 0.6 is 0 Å². The van der Waals surface area contributed by atoms with Gasteiger partial charge in [0.25, 0.3) is 5.78 Å². The molecular weight excluding hydrogens is 691 g/mol. The second-order valence-corrected chi connectivity index (χ2v) is 15.1. The van der Waals surface area contributed by atoms with E-state index < -0.39 is 79.6 Å². The summed E-state index contributed by atoms with van der Waals surface area (Å²) in [5.41, 5.74) is -2.72. The van der Waals surface area contributed by atoms with Gasteiger partial charge in [-0.1, -0.05) is 64.7 Å². The average Bonchev–Trinajstić information content (AvgIpc) is 3.14. The summed E-state index contributed by atoms with van der Waals surface area (Å²) in [4.78, 5) is 22.8. The molecule has 52 heavy (non-hydrogen) atoms. The van der Waals surface area contributed by atoms with Crippen molar-refractivity contribution in [2.75, 3.05) is 13.2 Å². The minimum Gasteiger partial charge on any atom is -0.394 e. The molecule has 0 bridgehead atoms. The molecule has 14 nitrogen and oxygen atoms in total. The van der Waals surface area contributed by atoms with Crippen LogP contribution in [0.15, 0.2) is 0 Å². The van der Waals surface area contributed by atoms with Crippen LogP contribution in [0.4, 0.5) is 0 Å². The maximum atomic E-state index is 11.8. The Morgan fingerprint density at radius 2 is 1.06 bits per heavy atom. The van der Waals surface area contributed by atoms with Crippen molar-refractivity contribution in [3.05, 3.63) is 0 Å². The standard InChI is InChI=1S/C19H36O8.C12H25.C6H12O6.Na/c1-2-3-4-5-6-7-8-9-10-11-12-19(27,17(24)18(25)26)16(23)15(22)14(21)13-20;1-3-5-7-9-11-12-10-8-6-4-2;7-1-2-3(8)4(9)5(10)6(11)12-2;/h14-16,20-23,27H,2-13H2,1H3,(H,25,26);1,3-12H2,2H3;2-11H,1H2;/t14-,15-,16+,19-;;2-,3-,4+,5-,6?;/m1.1./s1. The van der Waals surface area contributed by atoms with Crippen molar-refractivity contribution in [3.63, 3.8) is 0 Å². The molecule has 1 rings (SSSR count). The fourth-order valence-electron chi connectivity index (χ4n) is 5.88. The van der Waals surface area contributed by atoms with Crippen LogP contribution in [-0.2, 0) is 14.3 Å². The fourth-order valence-corrected chi connectivity index (χ4v) is 6.38. The molecule has 0 spiro atoms. The number of aliphatic hydroxyl groups excluding tert-OH is 9. The van der Waals surface area contributed by atoms with E-state index in [1.165, 1.54) is 121 Å². The monoisotopic (exact) mass is 764 g/mol. The molecule has 9 atom stereocenters. The number of hydrogen-bond acceptors (Lipinski definition) is 13. The van der Waals surface area contributed by atoms with E-state index in [0.29, 0.717) is 6.42 Å². The number of ketones is 1. The Balaban J connectivity index is 0. The second-order valence-electron chi connectivity index (χ2n) is 14.1. The van der Waals surface area contributed by atoms with Crippen molar-refractivity contribution in [1.82, 2.24) is 0 Å². The summed E-state index contributed by atoms with van der Waals surface area (Å²) in [6.45, 7) is 3.01. The summed E-state index contributed by atoms with van der Waals surface area (Å²) >= 11 is 1.41. The van der Waals surface area contributed by atoms with Crippen molar-refractivity contribution in [1.29, 1.82) is 0 Å². The molecule has 1 aliphatic rings. The van der Waals surface area contributed by atoms with Crippen LogP contribution in [0.1, 0.15) is 149 Å². The molecular formula is C37H73NaO14. The number of carboxylic acid groups (broad SMARTS) is 1. The van der Waals surface area contributed by atoms with Gasteiger partial charge in [-0.3, -0.25) is 4.79 Å². The average molecular weight is 765 g/mol. The van der Waals surface area contributed by atoms with E-state index in [9.17, 15) is 30.0 Å². The number of ether oxygens (including phenoxy) is 1. The number of carboxylic acids is 1. The number of unbranched alkanes of at least 4 members (excludes halogenated alkanes) is 18. The van der Waals surface area contributed by atoms with Crippen molar-refractivity contribution >= 4 is 39.7 Å². The van der Waals surface area contributed by atoms with Gasteiger partial charge in [-0.25, -0.2) is 4.79 Å². The molecule has 11 N–H and O–H groups in total. The van der Waals surface area contributed by atoms with Gasteiger partial charge in [-0.15, -0.1) is 0 Å². The normalized spacial score (nSPS) is 22.9. The molecule has 0 aromatic rings. The Hall–Kier alpha value is -0.300. The summed E-state index contributed by atoms with van der Waals surface area (Å²) in [7, 11) is 0. The molecule has 1 fully saturated rings. The molecule has 1 saturated heterocycles. The molecule has 0 radical (unpaired) electrons. The van der Waals surface area contributed by atoms with E-state index in [2.05, 4.69) is 18.6 Å². The number of rotatable bonds is 28. The third-order valence-corrected chi connectivity index (χ3v) is 10.2. The number of Topliss-reactive ketones (excluding diaryl/α,β-unsaturated/α-hetero) is 1. The van der Waals surface area contributed by atoms with Gasteiger partial charge in [-0.2, -0.15) is 0 Å². The molecule has 1 aliphatic heterocycles. The van der Waals surface area contributed by atoms with Crippen LogP contribution in [-0.4, -0.2) is 164 Å². The van der Waals surface area contributed by atoms with Gasteiger partial charge in [0.1, 0.15) is 42.7 Å². The fraction of sp³-hybridized carbons (Fsp3) is 0.946. The quantitative estimate of drug-likeness (QED) is 0.0310. The van der Waals surface area contributed by atoms with Gasteiger partial charge in [0.2, 0.25) is 0 Å². The van der Waals surface area contributed by atoms with Crippen LogP contribution in [0.5, 0.6) is 0 Å². The van der Waals surface area contributed by atoms with Crippen LogP contribution in [0.25, 0.3) is 0 Å². The van der Waals surface area contributed by atoms with Gasteiger partial charge in [0, 0.05) is 0 Å². The molecule has 0 saturated carbocycles. The Kier molecular flexibility index (Phi) is 35.2. The summed E-state index contributed by atoms with van der Waals surface area (Å²) in [6.07, 6.45) is 11.2. The number of aliphatic hydroxyl groups is 10. The predicted octanol–water partition coefficient (Wildman–Crippen LogP) is 2.03. The number of carbonyl (C=O) groups excluding carboxylic acids is 1.